The highest BCUT2D eigenvalue weighted by atomic mass is 32.2. The second-order valence-corrected chi connectivity index (χ2v) is 10.1. The number of carbonyl (C=O) groups excluding carboxylic acids is 1. The molecule has 8 nitrogen and oxygen atoms in total. The number of ether oxygens (including phenoxy) is 1. The molecule has 0 radical (unpaired) electrons. The largest absolute Gasteiger partial charge is 0.372 e. The Kier molecular flexibility index (Phi) is 5.07. The standard InChI is InChI=1S/C18H24N4O4S2/c1-14-11-16(20(2)19-14)28(24,25)22-8-9-26-18(13-22)4-6-21(7-5-18)17(23)15-3-10-27-12-15/h3,10-12H,4-9,13H2,1-2H3. The third-order valence-electron chi connectivity index (χ3n) is 5.51. The van der Waals surface area contributed by atoms with Gasteiger partial charge in [-0.15, -0.1) is 0 Å². The number of aryl methyl sites for hydroxylation is 2. The zero-order chi connectivity index (χ0) is 19.9. The Morgan fingerprint density at radius 2 is 2.04 bits per heavy atom. The molecule has 2 fully saturated rings. The fourth-order valence-electron chi connectivity index (χ4n) is 3.96. The summed E-state index contributed by atoms with van der Waals surface area (Å²) in [7, 11) is -1.99. The fraction of sp³-hybridized carbons (Fsp3) is 0.556. The van der Waals surface area contributed by atoms with Crippen molar-refractivity contribution in [3.8, 4) is 0 Å². The van der Waals surface area contributed by atoms with Crippen LogP contribution in [0.4, 0.5) is 0 Å². The van der Waals surface area contributed by atoms with Crippen LogP contribution in [0.1, 0.15) is 28.9 Å². The number of rotatable bonds is 3. The molecule has 2 aromatic heterocycles. The summed E-state index contributed by atoms with van der Waals surface area (Å²) in [6.07, 6.45) is 1.25. The molecular weight excluding hydrogens is 400 g/mol. The van der Waals surface area contributed by atoms with Crippen LogP contribution >= 0.6 is 11.3 Å². The smallest absolute Gasteiger partial charge is 0.260 e. The van der Waals surface area contributed by atoms with E-state index in [2.05, 4.69) is 5.10 Å². The molecule has 2 saturated heterocycles. The zero-order valence-corrected chi connectivity index (χ0v) is 17.6. The van der Waals surface area contributed by atoms with E-state index in [1.54, 1.807) is 20.0 Å². The van der Waals surface area contributed by atoms with Crippen molar-refractivity contribution in [3.63, 3.8) is 0 Å². The molecular formula is C18H24N4O4S2. The first-order chi connectivity index (χ1) is 13.3. The van der Waals surface area contributed by atoms with Crippen molar-refractivity contribution < 1.29 is 17.9 Å². The van der Waals surface area contributed by atoms with Gasteiger partial charge < -0.3 is 9.64 Å². The van der Waals surface area contributed by atoms with Crippen LogP contribution in [-0.4, -0.2) is 71.7 Å². The van der Waals surface area contributed by atoms with Gasteiger partial charge in [0.15, 0.2) is 5.03 Å². The minimum atomic E-state index is -3.64. The van der Waals surface area contributed by atoms with Crippen LogP contribution in [0.2, 0.25) is 0 Å². The third kappa shape index (κ3) is 3.49. The molecule has 2 aliphatic rings. The van der Waals surface area contributed by atoms with Gasteiger partial charge in [-0.25, -0.2) is 8.42 Å². The summed E-state index contributed by atoms with van der Waals surface area (Å²) < 4.78 is 35.2. The van der Waals surface area contributed by atoms with Crippen LogP contribution in [-0.2, 0) is 21.8 Å². The molecule has 152 valence electrons. The van der Waals surface area contributed by atoms with E-state index in [0.717, 1.165) is 0 Å². The molecule has 2 aromatic rings. The van der Waals surface area contributed by atoms with Gasteiger partial charge in [-0.05, 0) is 37.3 Å². The molecule has 0 aliphatic carbocycles. The first-order valence-electron chi connectivity index (χ1n) is 9.27. The topological polar surface area (TPSA) is 84.7 Å². The van der Waals surface area contributed by atoms with Gasteiger partial charge in [0.25, 0.3) is 15.9 Å². The minimum Gasteiger partial charge on any atom is -0.372 e. The van der Waals surface area contributed by atoms with Crippen LogP contribution in [0.15, 0.2) is 27.9 Å². The molecule has 0 aromatic carbocycles. The molecule has 0 atom stereocenters. The molecule has 0 unspecified atom stereocenters. The Hall–Kier alpha value is -1.75. The lowest BCUT2D eigenvalue weighted by Crippen LogP contribution is -2.58. The number of thiophene rings is 1. The number of amides is 1. The quantitative estimate of drug-likeness (QED) is 0.745. The molecule has 0 saturated carbocycles. The lowest BCUT2D eigenvalue weighted by molar-refractivity contribution is -0.115. The maximum atomic E-state index is 13.1. The summed E-state index contributed by atoms with van der Waals surface area (Å²) in [5.41, 5.74) is 0.843. The number of piperidine rings is 1. The summed E-state index contributed by atoms with van der Waals surface area (Å²) in [4.78, 5) is 14.4. The maximum absolute atomic E-state index is 13.1. The molecule has 0 N–H and O–H groups in total. The van der Waals surface area contributed by atoms with E-state index in [0.29, 0.717) is 56.9 Å². The number of likely N-dealkylation sites (tertiary alicyclic amines) is 1. The molecule has 2 aliphatic heterocycles. The number of nitrogens with zero attached hydrogens (tertiary/aromatic N) is 4. The van der Waals surface area contributed by atoms with E-state index >= 15 is 0 Å². The van der Waals surface area contributed by atoms with Gasteiger partial charge in [0.05, 0.1) is 23.5 Å². The van der Waals surface area contributed by atoms with Crippen molar-refractivity contribution in [2.75, 3.05) is 32.8 Å². The molecule has 10 heteroatoms. The van der Waals surface area contributed by atoms with Crippen molar-refractivity contribution in [1.29, 1.82) is 0 Å². The van der Waals surface area contributed by atoms with Crippen molar-refractivity contribution in [1.82, 2.24) is 19.0 Å². The van der Waals surface area contributed by atoms with E-state index in [1.165, 1.54) is 20.3 Å². The summed E-state index contributed by atoms with van der Waals surface area (Å²) in [5, 5.41) is 8.12. The Morgan fingerprint density at radius 3 is 2.64 bits per heavy atom. The predicted octanol–water partition coefficient (Wildman–Crippen LogP) is 1.49. The highest BCUT2D eigenvalue weighted by Crippen LogP contribution is 2.33. The predicted molar refractivity (Wildman–Crippen MR) is 105 cm³/mol. The number of sulfonamides is 1. The molecule has 4 heterocycles. The van der Waals surface area contributed by atoms with E-state index in [1.807, 2.05) is 21.7 Å². The van der Waals surface area contributed by atoms with Crippen LogP contribution < -0.4 is 0 Å². The van der Waals surface area contributed by atoms with Gasteiger partial charge in [0.1, 0.15) is 0 Å². The van der Waals surface area contributed by atoms with Crippen molar-refractivity contribution in [2.45, 2.75) is 30.4 Å². The van der Waals surface area contributed by atoms with E-state index < -0.39 is 15.6 Å². The van der Waals surface area contributed by atoms with Gasteiger partial charge in [-0.3, -0.25) is 9.48 Å². The minimum absolute atomic E-state index is 0.0294. The fourth-order valence-corrected chi connectivity index (χ4v) is 6.27. The number of hydrogen-bond acceptors (Lipinski definition) is 6. The second kappa shape index (κ2) is 7.25. The Morgan fingerprint density at radius 1 is 1.29 bits per heavy atom. The van der Waals surface area contributed by atoms with Gasteiger partial charge in [-0.1, -0.05) is 0 Å². The number of morpholine rings is 1. The van der Waals surface area contributed by atoms with Gasteiger partial charge >= 0.3 is 0 Å². The first kappa shape index (κ1) is 19.6. The molecule has 4 rings (SSSR count). The first-order valence-corrected chi connectivity index (χ1v) is 11.7. The summed E-state index contributed by atoms with van der Waals surface area (Å²) in [5.74, 6) is 0.0294. The van der Waals surface area contributed by atoms with Crippen molar-refractivity contribution in [2.24, 2.45) is 7.05 Å². The normalized spacial score (nSPS) is 20.6. The average molecular weight is 425 g/mol. The van der Waals surface area contributed by atoms with Gasteiger partial charge in [0.2, 0.25) is 0 Å². The van der Waals surface area contributed by atoms with Crippen LogP contribution in [0.5, 0.6) is 0 Å². The molecule has 1 spiro atoms. The SMILES string of the molecule is Cc1cc(S(=O)(=O)N2CCOC3(CCN(C(=O)c4ccsc4)CC3)C2)n(C)n1. The van der Waals surface area contributed by atoms with E-state index in [9.17, 15) is 13.2 Å². The van der Waals surface area contributed by atoms with E-state index in [4.69, 9.17) is 4.74 Å². The van der Waals surface area contributed by atoms with Crippen molar-refractivity contribution >= 4 is 27.3 Å². The molecule has 0 bridgehead atoms. The van der Waals surface area contributed by atoms with Gasteiger partial charge in [0, 0.05) is 38.6 Å². The van der Waals surface area contributed by atoms with E-state index in [-0.39, 0.29) is 10.9 Å². The summed E-state index contributed by atoms with van der Waals surface area (Å²) in [6.45, 7) is 3.89. The molecule has 1 amide bonds. The van der Waals surface area contributed by atoms with Gasteiger partial charge in [-0.2, -0.15) is 20.7 Å². The van der Waals surface area contributed by atoms with Crippen LogP contribution in [0.25, 0.3) is 0 Å². The lowest BCUT2D eigenvalue weighted by atomic mass is 9.90. The monoisotopic (exact) mass is 424 g/mol. The second-order valence-electron chi connectivity index (χ2n) is 7.42. The van der Waals surface area contributed by atoms with Crippen molar-refractivity contribution in [3.05, 3.63) is 34.2 Å². The maximum Gasteiger partial charge on any atom is 0.260 e. The number of aromatic nitrogens is 2. The third-order valence-corrected chi connectivity index (χ3v) is 8.09. The molecule has 28 heavy (non-hydrogen) atoms. The van der Waals surface area contributed by atoms with Crippen LogP contribution in [0.3, 0.4) is 0 Å². The highest BCUT2D eigenvalue weighted by molar-refractivity contribution is 7.89. The highest BCUT2D eigenvalue weighted by Gasteiger charge is 2.44. The number of hydrogen-bond donors (Lipinski definition) is 0. The Balaban J connectivity index is 1.47. The van der Waals surface area contributed by atoms with Crippen LogP contribution in [0, 0.1) is 6.92 Å². The zero-order valence-electron chi connectivity index (χ0n) is 16.0. The summed E-state index contributed by atoms with van der Waals surface area (Å²) >= 11 is 1.50. The number of carbonyl (C=O) groups is 1. The average Bonchev–Trinajstić information content (AvgIpc) is 3.32. The Labute approximate surface area is 168 Å². The Bertz CT molecular complexity index is 960. The lowest BCUT2D eigenvalue weighted by Gasteiger charge is -2.46. The summed E-state index contributed by atoms with van der Waals surface area (Å²) in [6, 6.07) is 3.43.